The predicted molar refractivity (Wildman–Crippen MR) is 96.7 cm³/mol. The van der Waals surface area contributed by atoms with E-state index in [2.05, 4.69) is 4.98 Å². The van der Waals surface area contributed by atoms with Crippen molar-refractivity contribution in [2.24, 2.45) is 5.92 Å². The van der Waals surface area contributed by atoms with Crippen LogP contribution in [-0.2, 0) is 18.9 Å². The number of hydrogen-bond acceptors (Lipinski definition) is 6. The van der Waals surface area contributed by atoms with Gasteiger partial charge in [0.05, 0.1) is 25.4 Å². The molecule has 0 radical (unpaired) electrons. The molecule has 27 heavy (non-hydrogen) atoms. The number of carbonyl (C=O) groups is 2. The molecule has 0 spiro atoms. The third-order valence-electron chi connectivity index (χ3n) is 5.15. The molecule has 0 aliphatic carbocycles. The lowest BCUT2D eigenvalue weighted by molar-refractivity contribution is -0.0969. The van der Waals surface area contributed by atoms with Crippen molar-refractivity contribution in [1.29, 1.82) is 0 Å². The number of nitrogens with one attached hydrogen (secondary N) is 1. The van der Waals surface area contributed by atoms with E-state index in [1.165, 1.54) is 0 Å². The minimum Gasteiger partial charge on any atom is -0.460 e. The zero-order valence-corrected chi connectivity index (χ0v) is 16.2. The van der Waals surface area contributed by atoms with Crippen molar-refractivity contribution < 1.29 is 28.5 Å². The fraction of sp³-hybridized carbons (Fsp3) is 0.684. The molecule has 3 rings (SSSR count). The summed E-state index contributed by atoms with van der Waals surface area (Å²) in [5, 5.41) is 0. The number of likely N-dealkylation sites (tertiary alicyclic amines) is 1. The summed E-state index contributed by atoms with van der Waals surface area (Å²) in [5.74, 6) is -0.365. The van der Waals surface area contributed by atoms with Crippen LogP contribution in [0.25, 0.3) is 0 Å². The van der Waals surface area contributed by atoms with E-state index in [1.54, 1.807) is 21.0 Å². The fourth-order valence-electron chi connectivity index (χ4n) is 3.78. The van der Waals surface area contributed by atoms with Gasteiger partial charge in [-0.3, -0.25) is 4.79 Å². The number of aromatic nitrogens is 1. The maximum atomic E-state index is 13.1. The Morgan fingerprint density at radius 3 is 2.67 bits per heavy atom. The molecule has 1 unspecified atom stereocenters. The summed E-state index contributed by atoms with van der Waals surface area (Å²) in [5.41, 5.74) is 2.12. The van der Waals surface area contributed by atoms with Gasteiger partial charge in [0.15, 0.2) is 6.29 Å². The summed E-state index contributed by atoms with van der Waals surface area (Å²) in [6.45, 7) is 6.56. The number of hydrogen-bond donors (Lipinski definition) is 1. The molecule has 0 bridgehead atoms. The third-order valence-corrected chi connectivity index (χ3v) is 5.15. The van der Waals surface area contributed by atoms with E-state index in [0.29, 0.717) is 55.4 Å². The molecule has 2 fully saturated rings. The number of piperidine rings is 1. The molecule has 1 aromatic heterocycles. The van der Waals surface area contributed by atoms with Gasteiger partial charge in [0.25, 0.3) is 5.91 Å². The molecule has 2 aliphatic rings. The largest absolute Gasteiger partial charge is 0.460 e. The summed E-state index contributed by atoms with van der Waals surface area (Å²) in [4.78, 5) is 30.3. The summed E-state index contributed by atoms with van der Waals surface area (Å²) in [7, 11) is 1.55. The number of rotatable bonds is 6. The van der Waals surface area contributed by atoms with E-state index in [0.717, 1.165) is 12.8 Å². The van der Waals surface area contributed by atoms with Crippen LogP contribution in [0.15, 0.2) is 0 Å². The van der Waals surface area contributed by atoms with Crippen LogP contribution in [-0.4, -0.2) is 74.7 Å². The zero-order chi connectivity index (χ0) is 19.4. The topological polar surface area (TPSA) is 90.1 Å². The van der Waals surface area contributed by atoms with Crippen molar-refractivity contribution in [2.45, 2.75) is 33.0 Å². The van der Waals surface area contributed by atoms with Gasteiger partial charge in [0.1, 0.15) is 12.3 Å². The number of ether oxygens (including phenoxy) is 4. The molecule has 0 saturated carbocycles. The van der Waals surface area contributed by atoms with E-state index in [4.69, 9.17) is 18.9 Å². The molecular formula is C19H28N2O6. The molecule has 2 saturated heterocycles. The Balaban J connectivity index is 1.71. The standard InChI is InChI=1S/C19H28N2O6/c1-12-15(18(23)25-8-7-24-3)13(2)20-16(12)17(22)21-6-4-5-14(11-21)19-26-9-10-27-19/h14,19-20H,4-11H2,1-3H3. The lowest BCUT2D eigenvalue weighted by Crippen LogP contribution is -2.44. The molecule has 0 aromatic carbocycles. The van der Waals surface area contributed by atoms with Crippen molar-refractivity contribution in [1.82, 2.24) is 9.88 Å². The number of esters is 1. The number of aryl methyl sites for hydroxylation is 1. The summed E-state index contributed by atoms with van der Waals surface area (Å²) >= 11 is 0. The fourth-order valence-corrected chi connectivity index (χ4v) is 3.78. The second-order valence-corrected chi connectivity index (χ2v) is 7.02. The number of methoxy groups -OCH3 is 1. The van der Waals surface area contributed by atoms with E-state index < -0.39 is 5.97 Å². The summed E-state index contributed by atoms with van der Waals surface area (Å²) in [6, 6.07) is 0. The van der Waals surface area contributed by atoms with Crippen molar-refractivity contribution in [3.8, 4) is 0 Å². The third kappa shape index (κ3) is 4.34. The Hall–Kier alpha value is -1.90. The highest BCUT2D eigenvalue weighted by molar-refractivity contribution is 6.00. The average Bonchev–Trinajstić information content (AvgIpc) is 3.30. The predicted octanol–water partition coefficient (Wildman–Crippen LogP) is 1.66. The number of H-pyrrole nitrogens is 1. The van der Waals surface area contributed by atoms with Crippen LogP contribution < -0.4 is 0 Å². The highest BCUT2D eigenvalue weighted by atomic mass is 16.7. The van der Waals surface area contributed by atoms with Crippen molar-refractivity contribution in [2.75, 3.05) is 46.6 Å². The maximum absolute atomic E-state index is 13.1. The highest BCUT2D eigenvalue weighted by Crippen LogP contribution is 2.27. The first-order chi connectivity index (χ1) is 13.0. The van der Waals surface area contributed by atoms with Crippen molar-refractivity contribution >= 4 is 11.9 Å². The van der Waals surface area contributed by atoms with Crippen LogP contribution in [0, 0.1) is 19.8 Å². The second-order valence-electron chi connectivity index (χ2n) is 7.02. The molecule has 1 atom stereocenters. The summed E-state index contributed by atoms with van der Waals surface area (Å²) in [6.07, 6.45) is 1.66. The lowest BCUT2D eigenvalue weighted by Gasteiger charge is -2.34. The van der Waals surface area contributed by atoms with E-state index in [1.807, 2.05) is 4.90 Å². The molecule has 150 valence electrons. The van der Waals surface area contributed by atoms with Crippen LogP contribution in [0.2, 0.25) is 0 Å². The minimum absolute atomic E-state index is 0.103. The van der Waals surface area contributed by atoms with E-state index >= 15 is 0 Å². The minimum atomic E-state index is -0.443. The van der Waals surface area contributed by atoms with E-state index in [-0.39, 0.29) is 24.7 Å². The van der Waals surface area contributed by atoms with Gasteiger partial charge in [0, 0.05) is 31.8 Å². The van der Waals surface area contributed by atoms with Gasteiger partial charge in [-0.05, 0) is 32.3 Å². The number of aromatic amines is 1. The van der Waals surface area contributed by atoms with Crippen LogP contribution >= 0.6 is 0 Å². The average molecular weight is 380 g/mol. The van der Waals surface area contributed by atoms with E-state index in [9.17, 15) is 9.59 Å². The zero-order valence-electron chi connectivity index (χ0n) is 16.2. The second kappa shape index (κ2) is 8.86. The maximum Gasteiger partial charge on any atom is 0.340 e. The number of carbonyl (C=O) groups excluding carboxylic acids is 2. The van der Waals surface area contributed by atoms with Crippen LogP contribution in [0.5, 0.6) is 0 Å². The molecule has 1 N–H and O–H groups in total. The molecule has 2 aliphatic heterocycles. The Bertz CT molecular complexity index is 680. The highest BCUT2D eigenvalue weighted by Gasteiger charge is 2.34. The molecule has 1 amide bonds. The van der Waals surface area contributed by atoms with Gasteiger partial charge in [0.2, 0.25) is 0 Å². The molecule has 8 nitrogen and oxygen atoms in total. The first kappa shape index (κ1) is 19.9. The Labute approximate surface area is 159 Å². The Kier molecular flexibility index (Phi) is 6.51. The summed E-state index contributed by atoms with van der Waals surface area (Å²) < 4.78 is 21.3. The first-order valence-electron chi connectivity index (χ1n) is 9.40. The normalized spacial score (nSPS) is 20.9. The smallest absolute Gasteiger partial charge is 0.340 e. The lowest BCUT2D eigenvalue weighted by atomic mass is 9.97. The molecular weight excluding hydrogens is 352 g/mol. The van der Waals surface area contributed by atoms with Gasteiger partial charge >= 0.3 is 5.97 Å². The Morgan fingerprint density at radius 1 is 1.22 bits per heavy atom. The van der Waals surface area contributed by atoms with Gasteiger partial charge in [-0.25, -0.2) is 4.79 Å². The van der Waals surface area contributed by atoms with Crippen molar-refractivity contribution in [3.63, 3.8) is 0 Å². The van der Waals surface area contributed by atoms with Gasteiger partial charge in [-0.2, -0.15) is 0 Å². The van der Waals surface area contributed by atoms with Crippen molar-refractivity contribution in [3.05, 3.63) is 22.5 Å². The SMILES string of the molecule is COCCOC(=O)c1c(C)[nH]c(C(=O)N2CCCC(C3OCCO3)C2)c1C. The molecule has 1 aromatic rings. The van der Waals surface area contributed by atoms with Crippen LogP contribution in [0.3, 0.4) is 0 Å². The van der Waals surface area contributed by atoms with Crippen LogP contribution in [0.1, 0.15) is 44.9 Å². The Morgan fingerprint density at radius 2 is 1.96 bits per heavy atom. The first-order valence-corrected chi connectivity index (χ1v) is 9.40. The molecule has 8 heteroatoms. The van der Waals surface area contributed by atoms with Gasteiger partial charge < -0.3 is 28.8 Å². The van der Waals surface area contributed by atoms with Gasteiger partial charge in [-0.1, -0.05) is 0 Å². The monoisotopic (exact) mass is 380 g/mol. The number of amides is 1. The number of nitrogens with zero attached hydrogens (tertiary/aromatic N) is 1. The molecule has 3 heterocycles. The quantitative estimate of drug-likeness (QED) is 0.596. The van der Waals surface area contributed by atoms with Crippen LogP contribution in [0.4, 0.5) is 0 Å². The van der Waals surface area contributed by atoms with Gasteiger partial charge in [-0.15, -0.1) is 0 Å².